The molecule has 152 valence electrons. The van der Waals surface area contributed by atoms with Gasteiger partial charge in [0.2, 0.25) is 5.91 Å². The first-order chi connectivity index (χ1) is 13.6. The fraction of sp³-hybridized carbons (Fsp3) is 0.190. The molecule has 0 unspecified atom stereocenters. The molecule has 2 aromatic rings. The van der Waals surface area contributed by atoms with E-state index in [2.05, 4.69) is 16.9 Å². The van der Waals surface area contributed by atoms with Crippen LogP contribution in [0.25, 0.3) is 5.57 Å². The van der Waals surface area contributed by atoms with Crippen LogP contribution >= 0.6 is 0 Å². The lowest BCUT2D eigenvalue weighted by Gasteiger charge is -2.13. The van der Waals surface area contributed by atoms with Gasteiger partial charge in [-0.05, 0) is 35.3 Å². The number of rotatable bonds is 8. The van der Waals surface area contributed by atoms with Crippen LogP contribution in [-0.4, -0.2) is 16.8 Å². The average molecular weight is 400 g/mol. The number of nitrogens with zero attached hydrogens (tertiary/aromatic N) is 1. The predicted octanol–water partition coefficient (Wildman–Crippen LogP) is 2.61. The highest BCUT2D eigenvalue weighted by atomic mass is 19.3. The molecule has 0 saturated carbocycles. The topological polar surface area (TPSA) is 111 Å². The first-order valence-corrected chi connectivity index (χ1v) is 8.76. The number of halogens is 2. The quantitative estimate of drug-likeness (QED) is 0.467. The number of aromatic nitrogens is 1. The third-order valence-electron chi connectivity index (χ3n) is 4.22. The smallest absolute Gasteiger partial charge is 0.270 e. The van der Waals surface area contributed by atoms with Gasteiger partial charge >= 0.3 is 0 Å². The average Bonchev–Trinajstić information content (AvgIpc) is 2.66. The van der Waals surface area contributed by atoms with Crippen molar-refractivity contribution in [2.45, 2.75) is 25.7 Å². The normalized spacial score (nSPS) is 12.1. The van der Waals surface area contributed by atoms with Crippen LogP contribution in [0.1, 0.15) is 30.0 Å². The minimum absolute atomic E-state index is 0.0380. The number of nitrogens with one attached hydrogen (secondary N) is 1. The summed E-state index contributed by atoms with van der Waals surface area (Å²) in [6.45, 7) is 4.64. The minimum atomic E-state index is -2.92. The van der Waals surface area contributed by atoms with Crippen LogP contribution in [0.2, 0.25) is 0 Å². The number of primary amides is 1. The number of hydrogen-bond acceptors (Lipinski definition) is 4. The number of benzene rings is 1. The van der Waals surface area contributed by atoms with Crippen molar-refractivity contribution in [2.24, 2.45) is 11.5 Å². The molecular weight excluding hydrogens is 378 g/mol. The highest BCUT2D eigenvalue weighted by Gasteiger charge is 2.23. The van der Waals surface area contributed by atoms with Crippen LogP contribution in [-0.2, 0) is 21.9 Å². The van der Waals surface area contributed by atoms with Crippen molar-refractivity contribution in [1.82, 2.24) is 10.3 Å². The summed E-state index contributed by atoms with van der Waals surface area (Å²) < 4.78 is 26.5. The summed E-state index contributed by atoms with van der Waals surface area (Å²) in [6.07, 6.45) is 3.39. The van der Waals surface area contributed by atoms with Crippen molar-refractivity contribution in [2.75, 3.05) is 0 Å². The lowest BCUT2D eigenvalue weighted by molar-refractivity contribution is -0.120. The summed E-state index contributed by atoms with van der Waals surface area (Å²) in [5.74, 6) is -4.41. The van der Waals surface area contributed by atoms with E-state index in [-0.39, 0.29) is 29.0 Å². The molecule has 0 fully saturated rings. The van der Waals surface area contributed by atoms with E-state index in [0.717, 1.165) is 6.92 Å². The molecule has 2 rings (SSSR count). The summed E-state index contributed by atoms with van der Waals surface area (Å²) >= 11 is 0. The molecule has 2 amide bonds. The Morgan fingerprint density at radius 2 is 1.69 bits per heavy atom. The SMILES string of the molecule is C=C(/C(C(N)=O)=C(\N)NC(=O)CCc1ccc(C(C)(F)F)cc1)c1ccncc1. The van der Waals surface area contributed by atoms with Crippen LogP contribution in [0, 0.1) is 0 Å². The van der Waals surface area contributed by atoms with E-state index in [4.69, 9.17) is 11.5 Å². The Kier molecular flexibility index (Phi) is 6.82. The Morgan fingerprint density at radius 1 is 1.10 bits per heavy atom. The fourth-order valence-electron chi connectivity index (χ4n) is 2.64. The Bertz CT molecular complexity index is 933. The van der Waals surface area contributed by atoms with Crippen molar-refractivity contribution in [3.05, 3.63) is 83.5 Å². The van der Waals surface area contributed by atoms with E-state index in [1.165, 1.54) is 24.5 Å². The molecule has 6 nitrogen and oxygen atoms in total. The second kappa shape index (κ2) is 9.09. The Labute approximate surface area is 167 Å². The van der Waals surface area contributed by atoms with E-state index < -0.39 is 17.7 Å². The third kappa shape index (κ3) is 5.97. The number of pyridine rings is 1. The molecule has 0 spiro atoms. The Morgan fingerprint density at radius 3 is 2.21 bits per heavy atom. The van der Waals surface area contributed by atoms with Crippen molar-refractivity contribution in [1.29, 1.82) is 0 Å². The summed E-state index contributed by atoms with van der Waals surface area (Å²) in [5.41, 5.74) is 12.6. The summed E-state index contributed by atoms with van der Waals surface area (Å²) in [6, 6.07) is 8.99. The molecule has 29 heavy (non-hydrogen) atoms. The Balaban J connectivity index is 2.05. The monoisotopic (exact) mass is 400 g/mol. The molecule has 1 aromatic heterocycles. The molecule has 0 aliphatic rings. The zero-order valence-corrected chi connectivity index (χ0v) is 15.9. The number of amides is 2. The number of hydrogen-bond donors (Lipinski definition) is 3. The molecule has 1 aromatic carbocycles. The van der Waals surface area contributed by atoms with Crippen LogP contribution in [0.3, 0.4) is 0 Å². The molecule has 8 heteroatoms. The van der Waals surface area contributed by atoms with Crippen molar-refractivity contribution in [3.63, 3.8) is 0 Å². The third-order valence-corrected chi connectivity index (χ3v) is 4.22. The van der Waals surface area contributed by atoms with Gasteiger partial charge in [0, 0.05) is 31.3 Å². The van der Waals surface area contributed by atoms with Gasteiger partial charge in [-0.15, -0.1) is 0 Å². The molecule has 0 bridgehead atoms. The second-order valence-electron chi connectivity index (χ2n) is 6.50. The molecule has 5 N–H and O–H groups in total. The number of alkyl halides is 2. The van der Waals surface area contributed by atoms with E-state index >= 15 is 0 Å². The van der Waals surface area contributed by atoms with Gasteiger partial charge in [-0.25, -0.2) is 8.78 Å². The lowest BCUT2D eigenvalue weighted by atomic mass is 10.00. The molecule has 0 aliphatic heterocycles. The first kappa shape index (κ1) is 21.7. The van der Waals surface area contributed by atoms with E-state index in [9.17, 15) is 18.4 Å². The number of carbonyl (C=O) groups is 2. The predicted molar refractivity (Wildman–Crippen MR) is 106 cm³/mol. The van der Waals surface area contributed by atoms with E-state index in [0.29, 0.717) is 17.5 Å². The van der Waals surface area contributed by atoms with E-state index in [1.54, 1.807) is 24.3 Å². The van der Waals surface area contributed by atoms with Crippen LogP contribution < -0.4 is 16.8 Å². The van der Waals surface area contributed by atoms with Gasteiger partial charge in [-0.3, -0.25) is 14.6 Å². The van der Waals surface area contributed by atoms with Gasteiger partial charge in [0.05, 0.1) is 5.57 Å². The van der Waals surface area contributed by atoms with Crippen LogP contribution in [0.5, 0.6) is 0 Å². The number of nitrogens with two attached hydrogens (primary N) is 2. The molecule has 0 atom stereocenters. The highest BCUT2D eigenvalue weighted by molar-refractivity contribution is 6.08. The molecular formula is C21H22F2N4O2. The zero-order chi connectivity index (χ0) is 21.6. The maximum Gasteiger partial charge on any atom is 0.270 e. The maximum atomic E-state index is 13.2. The van der Waals surface area contributed by atoms with Crippen LogP contribution in [0.4, 0.5) is 8.78 Å². The van der Waals surface area contributed by atoms with E-state index in [1.807, 2.05) is 0 Å². The molecule has 0 radical (unpaired) electrons. The summed E-state index contributed by atoms with van der Waals surface area (Å²) in [4.78, 5) is 27.9. The summed E-state index contributed by atoms with van der Waals surface area (Å²) in [5, 5.41) is 2.44. The Hall–Kier alpha value is -3.55. The van der Waals surface area contributed by atoms with Gasteiger partial charge in [0.25, 0.3) is 11.8 Å². The van der Waals surface area contributed by atoms with Crippen molar-refractivity contribution < 1.29 is 18.4 Å². The largest absolute Gasteiger partial charge is 0.385 e. The fourth-order valence-corrected chi connectivity index (χ4v) is 2.64. The lowest BCUT2D eigenvalue weighted by Crippen LogP contribution is -2.32. The standard InChI is InChI=1S/C21H22F2N4O2/c1-13(15-9-11-26-12-10-15)18(20(25)29)19(24)27-17(28)8-5-14-3-6-16(7-4-14)21(2,22)23/h3-4,6-7,9-12H,1,5,8,24H2,2H3,(H2,25,29)(H,27,28)/b19-18-. The van der Waals surface area contributed by atoms with Crippen molar-refractivity contribution in [3.8, 4) is 0 Å². The van der Waals surface area contributed by atoms with Crippen LogP contribution in [0.15, 0.2) is 66.8 Å². The van der Waals surface area contributed by atoms with Gasteiger partial charge in [0.1, 0.15) is 5.82 Å². The van der Waals surface area contributed by atoms with Crippen molar-refractivity contribution >= 4 is 17.4 Å². The molecule has 0 aliphatic carbocycles. The number of carbonyl (C=O) groups excluding carboxylic acids is 2. The highest BCUT2D eigenvalue weighted by Crippen LogP contribution is 2.27. The first-order valence-electron chi connectivity index (χ1n) is 8.76. The maximum absolute atomic E-state index is 13.2. The van der Waals surface area contributed by atoms with Gasteiger partial charge in [0.15, 0.2) is 0 Å². The molecule has 0 saturated heterocycles. The van der Waals surface area contributed by atoms with Gasteiger partial charge in [-0.1, -0.05) is 30.8 Å². The summed E-state index contributed by atoms with van der Waals surface area (Å²) in [7, 11) is 0. The van der Waals surface area contributed by atoms with Gasteiger partial charge in [-0.2, -0.15) is 0 Å². The minimum Gasteiger partial charge on any atom is -0.385 e. The molecule has 1 heterocycles. The number of aryl methyl sites for hydroxylation is 1. The second-order valence-corrected chi connectivity index (χ2v) is 6.50. The van der Waals surface area contributed by atoms with Gasteiger partial charge < -0.3 is 16.8 Å². The zero-order valence-electron chi connectivity index (χ0n) is 15.9.